The molecule has 0 radical (unpaired) electrons. The molecule has 3 heterocycles. The van der Waals surface area contributed by atoms with E-state index in [9.17, 15) is 8.42 Å². The number of benzene rings is 1. The van der Waals surface area contributed by atoms with E-state index < -0.39 is 10.0 Å². The van der Waals surface area contributed by atoms with Crippen molar-refractivity contribution in [3.05, 3.63) is 23.2 Å². The Balaban J connectivity index is 1.63. The van der Waals surface area contributed by atoms with Gasteiger partial charge in [-0.25, -0.2) is 13.4 Å². The van der Waals surface area contributed by atoms with Crippen molar-refractivity contribution in [2.75, 3.05) is 26.3 Å². The topological polar surface area (TPSA) is 59.5 Å². The highest BCUT2D eigenvalue weighted by Gasteiger charge is 2.44. The van der Waals surface area contributed by atoms with Crippen LogP contribution in [0.15, 0.2) is 23.1 Å². The molecule has 0 saturated carbocycles. The van der Waals surface area contributed by atoms with Gasteiger partial charge in [0.1, 0.15) is 0 Å². The van der Waals surface area contributed by atoms with Crippen molar-refractivity contribution < 1.29 is 13.2 Å². The molecule has 4 rings (SSSR count). The third-order valence-electron chi connectivity index (χ3n) is 5.45. The Morgan fingerprint density at radius 3 is 2.77 bits per heavy atom. The number of ether oxygens (including phenoxy) is 1. The molecule has 2 aliphatic rings. The van der Waals surface area contributed by atoms with Crippen LogP contribution in [0, 0.1) is 5.41 Å². The van der Waals surface area contributed by atoms with Gasteiger partial charge in [0, 0.05) is 30.5 Å². The number of hydrogen-bond donors (Lipinski definition) is 0. The molecule has 1 spiro atoms. The largest absolute Gasteiger partial charge is 0.381 e. The van der Waals surface area contributed by atoms with Crippen LogP contribution in [-0.4, -0.2) is 44.0 Å². The highest BCUT2D eigenvalue weighted by Crippen LogP contribution is 2.40. The van der Waals surface area contributed by atoms with Crippen molar-refractivity contribution in [1.82, 2.24) is 9.29 Å². The SMILES string of the molecule is CC(C)(C)c1nc2ccc(S(=O)(=O)N3CCC4(CCCOC4)C3)cc2s1. The summed E-state index contributed by atoms with van der Waals surface area (Å²) in [5, 5.41) is 1.03. The van der Waals surface area contributed by atoms with E-state index in [1.165, 1.54) is 0 Å². The zero-order valence-corrected chi connectivity index (χ0v) is 17.3. The molecule has 0 aliphatic carbocycles. The van der Waals surface area contributed by atoms with E-state index in [4.69, 9.17) is 4.74 Å². The summed E-state index contributed by atoms with van der Waals surface area (Å²) in [6, 6.07) is 5.33. The smallest absolute Gasteiger partial charge is 0.243 e. The molecule has 5 nitrogen and oxygen atoms in total. The predicted molar refractivity (Wildman–Crippen MR) is 104 cm³/mol. The predicted octanol–water partition coefficient (Wildman–Crippen LogP) is 3.79. The molecule has 0 amide bonds. The molecule has 2 aromatic rings. The van der Waals surface area contributed by atoms with Gasteiger partial charge in [-0.3, -0.25) is 0 Å². The second-order valence-corrected chi connectivity index (χ2v) is 11.6. The lowest BCUT2D eigenvalue weighted by Gasteiger charge is -2.32. The number of thiazole rings is 1. The van der Waals surface area contributed by atoms with Crippen LogP contribution in [0.2, 0.25) is 0 Å². The lowest BCUT2D eigenvalue weighted by atomic mass is 9.82. The van der Waals surface area contributed by atoms with Gasteiger partial charge < -0.3 is 4.74 Å². The summed E-state index contributed by atoms with van der Waals surface area (Å²) in [4.78, 5) is 5.04. The molecule has 2 saturated heterocycles. The summed E-state index contributed by atoms with van der Waals surface area (Å²) >= 11 is 1.58. The molecule has 7 heteroatoms. The van der Waals surface area contributed by atoms with E-state index >= 15 is 0 Å². The second-order valence-electron chi connectivity index (χ2n) is 8.64. The monoisotopic (exact) mass is 394 g/mol. The number of nitrogens with zero attached hydrogens (tertiary/aromatic N) is 2. The van der Waals surface area contributed by atoms with Crippen molar-refractivity contribution >= 4 is 31.6 Å². The average molecular weight is 395 g/mol. The fraction of sp³-hybridized carbons (Fsp3) is 0.632. The van der Waals surface area contributed by atoms with Crippen LogP contribution in [0.25, 0.3) is 10.2 Å². The minimum absolute atomic E-state index is 0.0132. The Morgan fingerprint density at radius 2 is 2.08 bits per heavy atom. The summed E-state index contributed by atoms with van der Waals surface area (Å²) in [5.74, 6) is 0. The van der Waals surface area contributed by atoms with Gasteiger partial charge >= 0.3 is 0 Å². The van der Waals surface area contributed by atoms with Gasteiger partial charge in [-0.2, -0.15) is 4.31 Å². The first-order chi connectivity index (χ1) is 12.2. The summed E-state index contributed by atoms with van der Waals surface area (Å²) in [7, 11) is -3.48. The van der Waals surface area contributed by atoms with E-state index in [0.717, 1.165) is 41.1 Å². The maximum absolute atomic E-state index is 13.2. The molecule has 1 unspecified atom stereocenters. The van der Waals surface area contributed by atoms with E-state index in [-0.39, 0.29) is 10.8 Å². The quantitative estimate of drug-likeness (QED) is 0.778. The van der Waals surface area contributed by atoms with Crippen LogP contribution in [0.4, 0.5) is 0 Å². The standard InChI is InChI=1S/C19H26N2O3S2/c1-18(2,3)17-20-15-6-5-14(11-16(15)25-17)26(22,23)21-9-8-19(12-21)7-4-10-24-13-19/h5-6,11H,4,7-10,12-13H2,1-3H3. The minimum atomic E-state index is -3.48. The average Bonchev–Trinajstić information content (AvgIpc) is 3.19. The number of sulfonamides is 1. The van der Waals surface area contributed by atoms with Crippen molar-refractivity contribution in [1.29, 1.82) is 0 Å². The van der Waals surface area contributed by atoms with Crippen LogP contribution in [-0.2, 0) is 20.2 Å². The first kappa shape index (κ1) is 18.3. The van der Waals surface area contributed by atoms with Gasteiger partial charge in [0.2, 0.25) is 10.0 Å². The molecule has 1 atom stereocenters. The summed E-state index contributed by atoms with van der Waals surface area (Å²) in [6.07, 6.45) is 2.97. The molecule has 1 aromatic heterocycles. The van der Waals surface area contributed by atoms with Crippen LogP contribution >= 0.6 is 11.3 Å². The third-order valence-corrected chi connectivity index (χ3v) is 8.73. The van der Waals surface area contributed by atoms with Gasteiger partial charge in [-0.1, -0.05) is 20.8 Å². The van der Waals surface area contributed by atoms with Gasteiger partial charge in [-0.15, -0.1) is 11.3 Å². The first-order valence-corrected chi connectivity index (χ1v) is 11.4. The molecule has 142 valence electrons. The normalized spacial score (nSPS) is 25.3. The minimum Gasteiger partial charge on any atom is -0.381 e. The van der Waals surface area contributed by atoms with Gasteiger partial charge in [-0.05, 0) is 37.5 Å². The fourth-order valence-corrected chi connectivity index (χ4v) is 6.58. The van der Waals surface area contributed by atoms with Crippen LogP contribution in [0.3, 0.4) is 0 Å². The molecule has 2 fully saturated rings. The lowest BCUT2D eigenvalue weighted by molar-refractivity contribution is 0.000899. The number of hydrogen-bond acceptors (Lipinski definition) is 5. The molecular formula is C19H26N2O3S2. The van der Waals surface area contributed by atoms with Crippen LogP contribution < -0.4 is 0 Å². The zero-order chi connectivity index (χ0) is 18.6. The first-order valence-electron chi connectivity index (χ1n) is 9.19. The Bertz CT molecular complexity index is 922. The Morgan fingerprint density at radius 1 is 1.27 bits per heavy atom. The number of aromatic nitrogens is 1. The number of rotatable bonds is 2. The molecule has 26 heavy (non-hydrogen) atoms. The highest BCUT2D eigenvalue weighted by molar-refractivity contribution is 7.89. The highest BCUT2D eigenvalue weighted by atomic mass is 32.2. The van der Waals surface area contributed by atoms with Crippen molar-refractivity contribution in [3.8, 4) is 0 Å². The molecule has 0 bridgehead atoms. The lowest BCUT2D eigenvalue weighted by Crippen LogP contribution is -2.37. The molecule has 0 N–H and O–H groups in total. The van der Waals surface area contributed by atoms with Crippen molar-refractivity contribution in [2.24, 2.45) is 5.41 Å². The summed E-state index contributed by atoms with van der Waals surface area (Å²) < 4.78 is 34.6. The zero-order valence-electron chi connectivity index (χ0n) is 15.6. The fourth-order valence-electron chi connectivity index (χ4n) is 3.87. The summed E-state index contributed by atoms with van der Waals surface area (Å²) in [6.45, 7) is 9.01. The Labute approximate surface area is 159 Å². The maximum atomic E-state index is 13.2. The van der Waals surface area contributed by atoms with E-state index in [1.807, 2.05) is 6.07 Å². The third kappa shape index (κ3) is 3.19. The molecule has 1 aromatic carbocycles. The number of fused-ring (bicyclic) bond motifs is 1. The van der Waals surface area contributed by atoms with E-state index in [2.05, 4.69) is 25.8 Å². The second kappa shape index (κ2) is 6.26. The van der Waals surface area contributed by atoms with E-state index in [1.54, 1.807) is 27.8 Å². The molecule has 2 aliphatic heterocycles. The van der Waals surface area contributed by atoms with Gasteiger partial charge in [0.15, 0.2) is 0 Å². The maximum Gasteiger partial charge on any atom is 0.243 e. The summed E-state index contributed by atoms with van der Waals surface area (Å²) in [5.41, 5.74) is 0.849. The van der Waals surface area contributed by atoms with E-state index in [0.29, 0.717) is 24.6 Å². The van der Waals surface area contributed by atoms with Crippen LogP contribution in [0.1, 0.15) is 45.0 Å². The molecular weight excluding hydrogens is 368 g/mol. The van der Waals surface area contributed by atoms with Gasteiger partial charge in [0.25, 0.3) is 0 Å². The van der Waals surface area contributed by atoms with Gasteiger partial charge in [0.05, 0.1) is 26.7 Å². The van der Waals surface area contributed by atoms with Crippen molar-refractivity contribution in [3.63, 3.8) is 0 Å². The Hall–Kier alpha value is -1.02. The van der Waals surface area contributed by atoms with Crippen LogP contribution in [0.5, 0.6) is 0 Å². The Kier molecular flexibility index (Phi) is 4.42. The van der Waals surface area contributed by atoms with Crippen molar-refractivity contribution in [2.45, 2.75) is 50.3 Å².